The first-order valence-corrected chi connectivity index (χ1v) is 5.49. The second-order valence-corrected chi connectivity index (χ2v) is 4.56. The third kappa shape index (κ3) is 2.79. The lowest BCUT2D eigenvalue weighted by Crippen LogP contribution is -1.99. The summed E-state index contributed by atoms with van der Waals surface area (Å²) < 4.78 is 11.3. The number of carbonyl (C=O) groups is 1. The summed E-state index contributed by atoms with van der Waals surface area (Å²) in [5, 5.41) is 0.810. The highest BCUT2D eigenvalue weighted by Gasteiger charge is 2.07. The molecule has 70 valence electrons. The van der Waals surface area contributed by atoms with Crippen molar-refractivity contribution in [1.29, 1.82) is 0 Å². The summed E-state index contributed by atoms with van der Waals surface area (Å²) in [6, 6.07) is 4.65. The molecular weight excluding hydrogens is 231 g/mol. The Bertz CT molecular complexity index is 352. The van der Waals surface area contributed by atoms with E-state index in [1.54, 1.807) is 12.1 Å². The fourth-order valence-corrected chi connectivity index (χ4v) is 2.28. The smallest absolute Gasteiger partial charge is 0.132 e. The first kappa shape index (κ1) is 10.7. The molecule has 0 fully saturated rings. The van der Waals surface area contributed by atoms with E-state index in [-0.39, 0.29) is 5.75 Å². The number of hydrogen-bond donors (Lipinski definition) is 0. The molecule has 0 radical (unpaired) electrons. The maximum absolute atomic E-state index is 11.3. The standard InChI is InChI=1S/C8H6Cl2O2S/c9-6-1-2-8(7(10)5-6)13(12)4-3-11/h1-3,5H,4H2. The molecule has 0 aliphatic heterocycles. The second kappa shape index (κ2) is 4.74. The summed E-state index contributed by atoms with van der Waals surface area (Å²) in [7, 11) is -1.36. The Morgan fingerprint density at radius 3 is 2.62 bits per heavy atom. The van der Waals surface area contributed by atoms with Gasteiger partial charge in [-0.3, -0.25) is 4.21 Å². The zero-order valence-corrected chi connectivity index (χ0v) is 8.83. The van der Waals surface area contributed by atoms with Crippen LogP contribution in [-0.2, 0) is 15.6 Å². The van der Waals surface area contributed by atoms with Gasteiger partial charge in [0.25, 0.3) is 0 Å². The largest absolute Gasteiger partial charge is 0.302 e. The molecule has 0 aromatic heterocycles. The van der Waals surface area contributed by atoms with E-state index in [0.717, 1.165) is 0 Å². The highest BCUT2D eigenvalue weighted by molar-refractivity contribution is 7.85. The third-order valence-electron chi connectivity index (χ3n) is 1.36. The Morgan fingerprint density at radius 2 is 2.08 bits per heavy atom. The normalized spacial score (nSPS) is 12.5. The van der Waals surface area contributed by atoms with Gasteiger partial charge in [0.05, 0.1) is 26.5 Å². The molecule has 0 saturated heterocycles. The van der Waals surface area contributed by atoms with Crippen LogP contribution in [0.3, 0.4) is 0 Å². The van der Waals surface area contributed by atoms with Gasteiger partial charge in [-0.1, -0.05) is 23.2 Å². The van der Waals surface area contributed by atoms with E-state index in [1.807, 2.05) is 0 Å². The van der Waals surface area contributed by atoms with Gasteiger partial charge in [-0.05, 0) is 18.2 Å². The fourth-order valence-electron chi connectivity index (χ4n) is 0.811. The summed E-state index contributed by atoms with van der Waals surface area (Å²) in [6.45, 7) is 0. The molecule has 0 bridgehead atoms. The van der Waals surface area contributed by atoms with Crippen LogP contribution in [0.25, 0.3) is 0 Å². The lowest BCUT2D eigenvalue weighted by atomic mass is 10.4. The third-order valence-corrected chi connectivity index (χ3v) is 3.30. The molecule has 0 saturated carbocycles. The SMILES string of the molecule is O=CCS(=O)c1ccc(Cl)cc1Cl. The fraction of sp³-hybridized carbons (Fsp3) is 0.125. The Hall–Kier alpha value is -0.380. The lowest BCUT2D eigenvalue weighted by molar-refractivity contribution is -0.105. The van der Waals surface area contributed by atoms with Gasteiger partial charge in [-0.15, -0.1) is 0 Å². The highest BCUT2D eigenvalue weighted by Crippen LogP contribution is 2.23. The van der Waals surface area contributed by atoms with Crippen molar-refractivity contribution in [2.24, 2.45) is 0 Å². The topological polar surface area (TPSA) is 34.1 Å². The van der Waals surface area contributed by atoms with Crippen LogP contribution in [0.15, 0.2) is 23.1 Å². The molecule has 1 atom stereocenters. The molecule has 0 aliphatic carbocycles. The number of benzene rings is 1. The van der Waals surface area contributed by atoms with E-state index in [4.69, 9.17) is 23.2 Å². The van der Waals surface area contributed by atoms with Gasteiger partial charge in [0.1, 0.15) is 6.29 Å². The molecule has 0 heterocycles. The molecule has 2 nitrogen and oxygen atoms in total. The molecule has 5 heteroatoms. The summed E-state index contributed by atoms with van der Waals surface area (Å²) >= 11 is 11.4. The van der Waals surface area contributed by atoms with Crippen LogP contribution >= 0.6 is 23.2 Å². The molecule has 0 spiro atoms. The van der Waals surface area contributed by atoms with Gasteiger partial charge in [0.2, 0.25) is 0 Å². The molecule has 0 amide bonds. The Balaban J connectivity index is 3.01. The van der Waals surface area contributed by atoms with E-state index in [0.29, 0.717) is 21.2 Å². The van der Waals surface area contributed by atoms with Crippen LogP contribution in [0.2, 0.25) is 10.0 Å². The summed E-state index contributed by atoms with van der Waals surface area (Å²) in [5.74, 6) is -0.0403. The van der Waals surface area contributed by atoms with Crippen LogP contribution < -0.4 is 0 Å². The number of hydrogen-bond acceptors (Lipinski definition) is 2. The molecule has 1 unspecified atom stereocenters. The van der Waals surface area contributed by atoms with Gasteiger partial charge in [-0.25, -0.2) is 0 Å². The summed E-state index contributed by atoms with van der Waals surface area (Å²) in [4.78, 5) is 10.5. The Labute approximate surface area is 88.3 Å². The van der Waals surface area contributed by atoms with Crippen molar-refractivity contribution in [3.05, 3.63) is 28.2 Å². The van der Waals surface area contributed by atoms with Gasteiger partial charge in [0.15, 0.2) is 0 Å². The zero-order valence-electron chi connectivity index (χ0n) is 6.50. The van der Waals surface area contributed by atoms with E-state index in [1.165, 1.54) is 6.07 Å². The van der Waals surface area contributed by atoms with Crippen molar-refractivity contribution in [2.75, 3.05) is 5.75 Å². The van der Waals surface area contributed by atoms with Gasteiger partial charge < -0.3 is 4.79 Å². The molecule has 1 aromatic carbocycles. The van der Waals surface area contributed by atoms with Crippen LogP contribution in [0.1, 0.15) is 0 Å². The molecule has 0 aliphatic rings. The van der Waals surface area contributed by atoms with Crippen molar-refractivity contribution in [3.63, 3.8) is 0 Å². The minimum absolute atomic E-state index is 0.0403. The van der Waals surface area contributed by atoms with Crippen molar-refractivity contribution in [1.82, 2.24) is 0 Å². The van der Waals surface area contributed by atoms with Crippen LogP contribution in [-0.4, -0.2) is 16.2 Å². The lowest BCUT2D eigenvalue weighted by Gasteiger charge is -2.01. The van der Waals surface area contributed by atoms with E-state index < -0.39 is 10.8 Å². The molecular formula is C8H6Cl2O2S. The van der Waals surface area contributed by atoms with Crippen molar-refractivity contribution in [2.45, 2.75) is 4.90 Å². The number of halogens is 2. The summed E-state index contributed by atoms with van der Waals surface area (Å²) in [5.41, 5.74) is 0. The van der Waals surface area contributed by atoms with Gasteiger partial charge >= 0.3 is 0 Å². The maximum atomic E-state index is 11.3. The molecule has 1 aromatic rings. The number of rotatable bonds is 3. The van der Waals surface area contributed by atoms with Gasteiger partial charge in [-0.2, -0.15) is 0 Å². The molecule has 13 heavy (non-hydrogen) atoms. The minimum Gasteiger partial charge on any atom is -0.302 e. The Kier molecular flexibility index (Phi) is 3.90. The predicted octanol–water partition coefficient (Wildman–Crippen LogP) is 2.30. The second-order valence-electron chi connectivity index (χ2n) is 2.25. The number of carbonyl (C=O) groups excluding carboxylic acids is 1. The van der Waals surface area contributed by atoms with E-state index in [2.05, 4.69) is 0 Å². The average Bonchev–Trinajstić information content (AvgIpc) is 2.04. The quantitative estimate of drug-likeness (QED) is 0.756. The van der Waals surface area contributed by atoms with E-state index in [9.17, 15) is 9.00 Å². The van der Waals surface area contributed by atoms with Crippen molar-refractivity contribution >= 4 is 40.3 Å². The highest BCUT2D eigenvalue weighted by atomic mass is 35.5. The molecule has 0 N–H and O–H groups in total. The monoisotopic (exact) mass is 236 g/mol. The van der Waals surface area contributed by atoms with Crippen LogP contribution in [0.5, 0.6) is 0 Å². The van der Waals surface area contributed by atoms with Gasteiger partial charge in [0, 0.05) is 5.02 Å². The number of aldehydes is 1. The first-order valence-electron chi connectivity index (χ1n) is 3.42. The van der Waals surface area contributed by atoms with Crippen LogP contribution in [0.4, 0.5) is 0 Å². The summed E-state index contributed by atoms with van der Waals surface area (Å²) in [6.07, 6.45) is 0.598. The minimum atomic E-state index is -1.36. The predicted molar refractivity (Wildman–Crippen MR) is 53.8 cm³/mol. The molecule has 1 rings (SSSR count). The van der Waals surface area contributed by atoms with Crippen molar-refractivity contribution < 1.29 is 9.00 Å². The van der Waals surface area contributed by atoms with E-state index >= 15 is 0 Å². The average molecular weight is 237 g/mol. The first-order chi connectivity index (χ1) is 6.15. The maximum Gasteiger partial charge on any atom is 0.132 e. The van der Waals surface area contributed by atoms with Crippen LogP contribution in [0, 0.1) is 0 Å². The zero-order chi connectivity index (χ0) is 9.84. The van der Waals surface area contributed by atoms with Crippen molar-refractivity contribution in [3.8, 4) is 0 Å². The Morgan fingerprint density at radius 1 is 1.38 bits per heavy atom.